The molecule has 0 aliphatic rings. The van der Waals surface area contributed by atoms with Crippen molar-refractivity contribution in [2.45, 2.75) is 26.8 Å². The number of hydrogen-bond donors (Lipinski definition) is 1. The van der Waals surface area contributed by atoms with Gasteiger partial charge in [-0.3, -0.25) is 9.69 Å². The monoisotopic (exact) mass is 326 g/mol. The Kier molecular flexibility index (Phi) is 5.13. The number of carbonyl (C=O) groups excluding carboxylic acids is 1. The largest absolute Gasteiger partial charge is 0.359 e. The predicted octanol–water partition coefficient (Wildman–Crippen LogP) is 2.53. The number of nitrogens with one attached hydrogen (secondary N) is 1. The number of thiophene rings is 1. The molecule has 2 rings (SSSR count). The Bertz CT molecular complexity index is 671. The Labute approximate surface area is 133 Å². The van der Waals surface area contributed by atoms with Crippen LogP contribution >= 0.6 is 22.9 Å². The van der Waals surface area contributed by atoms with E-state index in [0.29, 0.717) is 30.5 Å². The van der Waals surface area contributed by atoms with E-state index in [0.717, 1.165) is 15.8 Å². The summed E-state index contributed by atoms with van der Waals surface area (Å²) in [5.74, 6) is 0.717. The van der Waals surface area contributed by atoms with Gasteiger partial charge in [-0.2, -0.15) is 0 Å². The summed E-state index contributed by atoms with van der Waals surface area (Å²) in [5.41, 5.74) is 1.15. The first-order valence-corrected chi connectivity index (χ1v) is 7.93. The lowest BCUT2D eigenvalue weighted by Gasteiger charge is -2.15. The van der Waals surface area contributed by atoms with Crippen molar-refractivity contribution in [3.05, 3.63) is 21.4 Å². The van der Waals surface area contributed by atoms with Crippen LogP contribution in [0.25, 0.3) is 10.2 Å². The van der Waals surface area contributed by atoms with Crippen LogP contribution in [0.1, 0.15) is 22.7 Å². The molecule has 1 N–H and O–H groups in total. The molecule has 114 valence electrons. The van der Waals surface area contributed by atoms with Gasteiger partial charge in [-0.25, -0.2) is 9.97 Å². The number of nitrogens with zero attached hydrogens (tertiary/aromatic N) is 3. The zero-order valence-corrected chi connectivity index (χ0v) is 14.2. The van der Waals surface area contributed by atoms with E-state index in [2.05, 4.69) is 22.2 Å². The Morgan fingerprint density at radius 3 is 2.76 bits per heavy atom. The van der Waals surface area contributed by atoms with E-state index < -0.39 is 0 Å². The van der Waals surface area contributed by atoms with Gasteiger partial charge < -0.3 is 5.32 Å². The van der Waals surface area contributed by atoms with Gasteiger partial charge in [-0.1, -0.05) is 11.6 Å². The second-order valence-corrected chi connectivity index (χ2v) is 6.62. The summed E-state index contributed by atoms with van der Waals surface area (Å²) in [7, 11) is 3.58. The summed E-state index contributed by atoms with van der Waals surface area (Å²) in [6.07, 6.45) is 0.459. The highest BCUT2D eigenvalue weighted by Crippen LogP contribution is 2.32. The molecule has 0 saturated heterocycles. The van der Waals surface area contributed by atoms with Gasteiger partial charge in [0, 0.05) is 24.9 Å². The molecule has 0 bridgehead atoms. The van der Waals surface area contributed by atoms with Crippen LogP contribution in [-0.2, 0) is 11.3 Å². The maximum absolute atomic E-state index is 11.2. The summed E-state index contributed by atoms with van der Waals surface area (Å²) in [5, 5.41) is 4.08. The molecule has 0 aliphatic carbocycles. The standard InChI is InChI=1S/C14H19ClN4OS/c1-8-9(2)21-14-12(8)13(15)17-10(18-14)7-19(4)6-5-11(20)16-3/h5-7H2,1-4H3,(H,16,20). The van der Waals surface area contributed by atoms with E-state index in [4.69, 9.17) is 11.6 Å². The third kappa shape index (κ3) is 3.70. The fraction of sp³-hybridized carbons (Fsp3) is 0.500. The molecule has 0 radical (unpaired) electrons. The molecule has 0 fully saturated rings. The Morgan fingerprint density at radius 1 is 1.38 bits per heavy atom. The van der Waals surface area contributed by atoms with Crippen molar-refractivity contribution in [1.82, 2.24) is 20.2 Å². The van der Waals surface area contributed by atoms with Crippen LogP contribution < -0.4 is 5.32 Å². The van der Waals surface area contributed by atoms with Gasteiger partial charge in [-0.05, 0) is 26.5 Å². The van der Waals surface area contributed by atoms with Gasteiger partial charge in [0.1, 0.15) is 15.8 Å². The lowest BCUT2D eigenvalue weighted by Crippen LogP contribution is -2.26. The first-order chi connectivity index (χ1) is 9.92. The number of carbonyl (C=O) groups is 1. The average molecular weight is 327 g/mol. The topological polar surface area (TPSA) is 58.1 Å². The molecular weight excluding hydrogens is 308 g/mol. The Balaban J connectivity index is 2.14. The molecule has 2 aromatic rings. The lowest BCUT2D eigenvalue weighted by molar-refractivity contribution is -0.120. The number of halogens is 1. The highest BCUT2D eigenvalue weighted by Gasteiger charge is 2.14. The smallest absolute Gasteiger partial charge is 0.221 e. The molecule has 0 aromatic carbocycles. The Hall–Kier alpha value is -1.24. The summed E-state index contributed by atoms with van der Waals surface area (Å²) in [6, 6.07) is 0. The minimum Gasteiger partial charge on any atom is -0.359 e. The van der Waals surface area contributed by atoms with Gasteiger partial charge in [0.15, 0.2) is 0 Å². The molecule has 2 aromatic heterocycles. The fourth-order valence-electron chi connectivity index (χ4n) is 2.05. The van der Waals surface area contributed by atoms with Gasteiger partial charge in [0.05, 0.1) is 11.9 Å². The molecule has 0 unspecified atom stereocenters. The maximum Gasteiger partial charge on any atom is 0.221 e. The van der Waals surface area contributed by atoms with Crippen molar-refractivity contribution in [2.24, 2.45) is 0 Å². The first kappa shape index (κ1) is 16.1. The van der Waals surface area contributed by atoms with Crippen molar-refractivity contribution in [2.75, 3.05) is 20.6 Å². The second kappa shape index (κ2) is 6.68. The number of fused-ring (bicyclic) bond motifs is 1. The van der Waals surface area contributed by atoms with Crippen LogP contribution in [-0.4, -0.2) is 41.4 Å². The molecule has 21 heavy (non-hydrogen) atoms. The lowest BCUT2D eigenvalue weighted by atomic mass is 10.2. The van der Waals surface area contributed by atoms with Crippen LogP contribution in [0, 0.1) is 13.8 Å². The molecule has 0 saturated carbocycles. The van der Waals surface area contributed by atoms with Crippen molar-refractivity contribution < 1.29 is 4.79 Å². The van der Waals surface area contributed by atoms with Gasteiger partial charge >= 0.3 is 0 Å². The fourth-order valence-corrected chi connectivity index (χ4v) is 3.48. The van der Waals surface area contributed by atoms with Crippen LogP contribution in [0.15, 0.2) is 0 Å². The molecule has 0 atom stereocenters. The normalized spacial score (nSPS) is 11.3. The minimum absolute atomic E-state index is 0.0285. The average Bonchev–Trinajstić information content (AvgIpc) is 2.71. The van der Waals surface area contributed by atoms with Crippen molar-refractivity contribution in [3.8, 4) is 0 Å². The highest BCUT2D eigenvalue weighted by molar-refractivity contribution is 7.18. The quantitative estimate of drug-likeness (QED) is 0.858. The molecule has 0 spiro atoms. The zero-order valence-electron chi connectivity index (χ0n) is 12.7. The third-order valence-corrected chi connectivity index (χ3v) is 4.82. The molecule has 7 heteroatoms. The van der Waals surface area contributed by atoms with Crippen LogP contribution in [0.3, 0.4) is 0 Å². The molecule has 2 heterocycles. The summed E-state index contributed by atoms with van der Waals surface area (Å²) < 4.78 is 0. The summed E-state index contributed by atoms with van der Waals surface area (Å²) >= 11 is 7.92. The number of hydrogen-bond acceptors (Lipinski definition) is 5. The SMILES string of the molecule is CNC(=O)CCN(C)Cc1nc(Cl)c2c(C)c(C)sc2n1. The van der Waals surface area contributed by atoms with Crippen LogP contribution in [0.4, 0.5) is 0 Å². The molecule has 1 amide bonds. The molecular formula is C14H19ClN4OS. The predicted molar refractivity (Wildman–Crippen MR) is 86.9 cm³/mol. The minimum atomic E-state index is 0.0285. The number of aromatic nitrogens is 2. The van der Waals surface area contributed by atoms with Gasteiger partial charge in [0.2, 0.25) is 5.91 Å². The van der Waals surface area contributed by atoms with Crippen molar-refractivity contribution in [1.29, 1.82) is 0 Å². The number of rotatable bonds is 5. The second-order valence-electron chi connectivity index (χ2n) is 5.06. The van der Waals surface area contributed by atoms with E-state index >= 15 is 0 Å². The van der Waals surface area contributed by atoms with E-state index in [-0.39, 0.29) is 5.91 Å². The van der Waals surface area contributed by atoms with Gasteiger partial charge in [-0.15, -0.1) is 11.3 Å². The van der Waals surface area contributed by atoms with Crippen molar-refractivity contribution >= 4 is 39.1 Å². The van der Waals surface area contributed by atoms with E-state index in [1.54, 1.807) is 18.4 Å². The van der Waals surface area contributed by atoms with Crippen LogP contribution in [0.5, 0.6) is 0 Å². The maximum atomic E-state index is 11.2. The first-order valence-electron chi connectivity index (χ1n) is 6.73. The zero-order chi connectivity index (χ0) is 15.6. The van der Waals surface area contributed by atoms with Gasteiger partial charge in [0.25, 0.3) is 0 Å². The van der Waals surface area contributed by atoms with Crippen molar-refractivity contribution in [3.63, 3.8) is 0 Å². The molecule has 5 nitrogen and oxygen atoms in total. The Morgan fingerprint density at radius 2 is 2.10 bits per heavy atom. The van der Waals surface area contributed by atoms with E-state index in [1.807, 2.05) is 18.9 Å². The number of amides is 1. The van der Waals surface area contributed by atoms with E-state index in [1.165, 1.54) is 4.88 Å². The van der Waals surface area contributed by atoms with Crippen LogP contribution in [0.2, 0.25) is 5.15 Å². The number of aryl methyl sites for hydroxylation is 2. The summed E-state index contributed by atoms with van der Waals surface area (Å²) in [4.78, 5) is 24.4. The third-order valence-electron chi connectivity index (χ3n) is 3.44. The molecule has 0 aliphatic heterocycles. The summed E-state index contributed by atoms with van der Waals surface area (Å²) in [6.45, 7) is 5.33. The highest BCUT2D eigenvalue weighted by atomic mass is 35.5. The van der Waals surface area contributed by atoms with E-state index in [9.17, 15) is 4.79 Å².